The van der Waals surface area contributed by atoms with Crippen LogP contribution < -0.4 is 4.90 Å². The van der Waals surface area contributed by atoms with Gasteiger partial charge in [-0.1, -0.05) is 23.9 Å². The van der Waals surface area contributed by atoms with Crippen LogP contribution in [0.4, 0.5) is 20.3 Å². The monoisotopic (exact) mass is 387 g/mol. The van der Waals surface area contributed by atoms with Crippen molar-refractivity contribution in [1.29, 1.82) is 0 Å². The fourth-order valence-corrected chi connectivity index (χ4v) is 3.94. The van der Waals surface area contributed by atoms with Crippen molar-refractivity contribution in [3.8, 4) is 0 Å². The lowest BCUT2D eigenvalue weighted by Gasteiger charge is -2.30. The lowest BCUT2D eigenvalue weighted by atomic mass is 10.00. The summed E-state index contributed by atoms with van der Waals surface area (Å²) < 4.78 is 32.5. The number of methoxy groups -OCH3 is 1. The summed E-state index contributed by atoms with van der Waals surface area (Å²) in [5, 5.41) is 11.4. The quantitative estimate of drug-likeness (QED) is 0.729. The molecule has 0 saturated carbocycles. The van der Waals surface area contributed by atoms with Crippen LogP contribution in [0.15, 0.2) is 58.7 Å². The molecule has 0 bridgehead atoms. The van der Waals surface area contributed by atoms with Crippen molar-refractivity contribution in [3.63, 3.8) is 0 Å². The second-order valence-electron chi connectivity index (χ2n) is 5.93. The van der Waals surface area contributed by atoms with E-state index in [1.54, 1.807) is 31.6 Å². The zero-order chi connectivity index (χ0) is 19.0. The molecule has 2 heterocycles. The lowest BCUT2D eigenvalue weighted by molar-refractivity contribution is 0.204. The minimum absolute atomic E-state index is 0.0123. The van der Waals surface area contributed by atoms with Crippen molar-refractivity contribution in [1.82, 2.24) is 9.97 Å². The molecule has 4 rings (SSSR count). The van der Waals surface area contributed by atoms with E-state index in [9.17, 15) is 13.9 Å². The molecule has 27 heavy (non-hydrogen) atoms. The molecule has 1 aliphatic heterocycles. The molecular weight excluding hydrogens is 372 g/mol. The van der Waals surface area contributed by atoms with Gasteiger partial charge in [0.1, 0.15) is 29.5 Å². The highest BCUT2D eigenvalue weighted by Gasteiger charge is 2.27. The Hall–Kier alpha value is -2.55. The summed E-state index contributed by atoms with van der Waals surface area (Å²) in [6, 6.07) is 8.43. The summed E-state index contributed by atoms with van der Waals surface area (Å²) in [6.45, 7) is 0.240. The number of ether oxygens (including phenoxy) is 1. The molecule has 1 N–H and O–H groups in total. The zero-order valence-corrected chi connectivity index (χ0v) is 15.1. The molecule has 3 aromatic rings. The molecule has 1 aromatic heterocycles. The first-order valence-electron chi connectivity index (χ1n) is 8.11. The van der Waals surface area contributed by atoms with Gasteiger partial charge in [-0.2, -0.15) is 0 Å². The summed E-state index contributed by atoms with van der Waals surface area (Å²) in [5.41, 5.74) is 1.26. The minimum atomic E-state index is -1.23. The largest absolute Gasteiger partial charge is 0.384 e. The number of halogens is 2. The first-order valence-corrected chi connectivity index (χ1v) is 8.92. The van der Waals surface area contributed by atoms with Crippen LogP contribution in [0, 0.1) is 11.6 Å². The lowest BCUT2D eigenvalue weighted by Crippen LogP contribution is -2.24. The average Bonchev–Trinajstić information content (AvgIpc) is 2.67. The normalized spacial score (nSPS) is 13.9. The number of hydrogen-bond acceptors (Lipinski definition) is 6. The Bertz CT molecular complexity index is 1000. The van der Waals surface area contributed by atoms with Gasteiger partial charge in [0.15, 0.2) is 5.82 Å². The van der Waals surface area contributed by atoms with Crippen molar-refractivity contribution >= 4 is 23.3 Å². The van der Waals surface area contributed by atoms with Crippen molar-refractivity contribution in [2.45, 2.75) is 16.0 Å². The molecule has 8 heteroatoms. The van der Waals surface area contributed by atoms with Crippen molar-refractivity contribution in [2.75, 3.05) is 18.7 Å². The van der Waals surface area contributed by atoms with Gasteiger partial charge in [-0.05, 0) is 23.8 Å². The summed E-state index contributed by atoms with van der Waals surface area (Å²) in [6.07, 6.45) is 1.99. The molecule has 1 atom stereocenters. The number of aromatic nitrogens is 2. The highest BCUT2D eigenvalue weighted by molar-refractivity contribution is 7.99. The standard InChI is InChI=1S/C19H15F2N3O2S/c1-26-10-24-15-8-11(17(25)13-4-3-12(20)9-14(13)21)2-5-16(15)27-19-18(24)22-6-7-23-19/h2-9,17,25H,10H2,1H3. The minimum Gasteiger partial charge on any atom is -0.384 e. The maximum Gasteiger partial charge on any atom is 0.168 e. The van der Waals surface area contributed by atoms with E-state index < -0.39 is 17.7 Å². The molecule has 2 aromatic carbocycles. The van der Waals surface area contributed by atoms with Crippen LogP contribution in [0.2, 0.25) is 0 Å². The summed E-state index contributed by atoms with van der Waals surface area (Å²) in [5.74, 6) is -0.831. The van der Waals surface area contributed by atoms with Crippen LogP contribution in [-0.2, 0) is 4.74 Å². The Morgan fingerprint density at radius 1 is 1.15 bits per heavy atom. The highest BCUT2D eigenvalue weighted by atomic mass is 32.2. The van der Waals surface area contributed by atoms with Crippen LogP contribution >= 0.6 is 11.8 Å². The van der Waals surface area contributed by atoms with Gasteiger partial charge in [0.05, 0.1) is 5.69 Å². The summed E-state index contributed by atoms with van der Waals surface area (Å²) >= 11 is 1.46. The van der Waals surface area contributed by atoms with Crippen LogP contribution in [0.1, 0.15) is 17.2 Å². The zero-order valence-electron chi connectivity index (χ0n) is 14.3. The van der Waals surface area contributed by atoms with Gasteiger partial charge in [-0.25, -0.2) is 18.7 Å². The number of rotatable bonds is 4. The summed E-state index contributed by atoms with van der Waals surface area (Å²) in [4.78, 5) is 11.5. The number of aliphatic hydroxyl groups excluding tert-OH is 1. The average molecular weight is 387 g/mol. The van der Waals surface area contributed by atoms with E-state index in [1.807, 2.05) is 11.0 Å². The van der Waals surface area contributed by atoms with Crippen molar-refractivity contribution in [2.24, 2.45) is 0 Å². The Balaban J connectivity index is 1.76. The van der Waals surface area contributed by atoms with E-state index >= 15 is 0 Å². The predicted molar refractivity (Wildman–Crippen MR) is 97.0 cm³/mol. The van der Waals surface area contributed by atoms with Gasteiger partial charge < -0.3 is 9.84 Å². The van der Waals surface area contributed by atoms with E-state index in [-0.39, 0.29) is 12.3 Å². The van der Waals surface area contributed by atoms with Crippen LogP contribution in [0.25, 0.3) is 0 Å². The molecule has 0 fully saturated rings. The van der Waals surface area contributed by atoms with E-state index in [4.69, 9.17) is 4.74 Å². The van der Waals surface area contributed by atoms with E-state index in [1.165, 1.54) is 17.8 Å². The molecular formula is C19H15F2N3O2S. The fraction of sp³-hybridized carbons (Fsp3) is 0.158. The Labute approximate surface area is 158 Å². The van der Waals surface area contributed by atoms with Gasteiger partial charge in [0.25, 0.3) is 0 Å². The van der Waals surface area contributed by atoms with Crippen molar-refractivity contribution < 1.29 is 18.6 Å². The van der Waals surface area contributed by atoms with E-state index in [0.29, 0.717) is 11.4 Å². The number of nitrogens with zero attached hydrogens (tertiary/aromatic N) is 3. The fourth-order valence-electron chi connectivity index (χ4n) is 2.96. The third kappa shape index (κ3) is 3.27. The Morgan fingerprint density at radius 3 is 2.74 bits per heavy atom. The molecule has 0 aliphatic carbocycles. The second-order valence-corrected chi connectivity index (χ2v) is 6.96. The summed E-state index contributed by atoms with van der Waals surface area (Å²) in [7, 11) is 1.57. The van der Waals surface area contributed by atoms with Gasteiger partial charge in [-0.3, -0.25) is 4.90 Å². The number of hydrogen-bond donors (Lipinski definition) is 1. The number of aliphatic hydroxyl groups is 1. The highest BCUT2D eigenvalue weighted by Crippen LogP contribution is 2.46. The molecule has 138 valence electrons. The maximum absolute atomic E-state index is 14.1. The first-order chi connectivity index (χ1) is 13.1. The van der Waals surface area contributed by atoms with E-state index in [2.05, 4.69) is 9.97 Å². The Kier molecular flexibility index (Phi) is 4.77. The maximum atomic E-state index is 14.1. The molecule has 0 saturated heterocycles. The Morgan fingerprint density at radius 2 is 1.96 bits per heavy atom. The topological polar surface area (TPSA) is 58.5 Å². The van der Waals surface area contributed by atoms with Crippen LogP contribution in [0.3, 0.4) is 0 Å². The number of benzene rings is 2. The SMILES string of the molecule is COCN1c2cc(C(O)c3ccc(F)cc3F)ccc2Sc2nccnc21. The molecule has 1 aliphatic rings. The first kappa shape index (κ1) is 17.8. The molecule has 0 spiro atoms. The predicted octanol–water partition coefficient (Wildman–Crippen LogP) is 4.04. The number of anilines is 2. The smallest absolute Gasteiger partial charge is 0.168 e. The molecule has 0 amide bonds. The molecule has 5 nitrogen and oxygen atoms in total. The third-order valence-corrected chi connectivity index (χ3v) is 5.26. The van der Waals surface area contributed by atoms with Gasteiger partial charge in [0.2, 0.25) is 0 Å². The second kappa shape index (κ2) is 7.22. The van der Waals surface area contributed by atoms with Crippen LogP contribution in [0.5, 0.6) is 0 Å². The molecule has 0 radical (unpaired) electrons. The van der Waals surface area contributed by atoms with Crippen molar-refractivity contribution in [3.05, 3.63) is 71.6 Å². The molecule has 1 unspecified atom stereocenters. The third-order valence-electron chi connectivity index (χ3n) is 4.21. The van der Waals surface area contributed by atoms with Crippen LogP contribution in [-0.4, -0.2) is 28.9 Å². The van der Waals surface area contributed by atoms with Gasteiger partial charge >= 0.3 is 0 Å². The van der Waals surface area contributed by atoms with E-state index in [0.717, 1.165) is 27.7 Å². The number of fused-ring (bicyclic) bond motifs is 2. The van der Waals surface area contributed by atoms with Gasteiger partial charge in [-0.15, -0.1) is 0 Å². The van der Waals surface area contributed by atoms with Gasteiger partial charge in [0, 0.05) is 36.0 Å².